The summed E-state index contributed by atoms with van der Waals surface area (Å²) < 4.78 is 11.5. The van der Waals surface area contributed by atoms with E-state index in [1.165, 1.54) is 28.4 Å². The Morgan fingerprint density at radius 3 is 2.76 bits per heavy atom. The van der Waals surface area contributed by atoms with E-state index in [0.29, 0.717) is 6.04 Å². The van der Waals surface area contributed by atoms with Crippen LogP contribution in [0.25, 0.3) is 5.13 Å². The molecule has 0 amide bonds. The Labute approximate surface area is 151 Å². The van der Waals surface area contributed by atoms with Gasteiger partial charge < -0.3 is 4.74 Å². The number of hydrogen-bond donors (Lipinski definition) is 0. The minimum atomic E-state index is 0.327. The van der Waals surface area contributed by atoms with Gasteiger partial charge in [-0.25, -0.2) is 9.67 Å². The molecule has 4 rings (SSSR count). The summed E-state index contributed by atoms with van der Waals surface area (Å²) in [5.41, 5.74) is 3.84. The molecule has 0 N–H and O–H groups in total. The van der Waals surface area contributed by atoms with Crippen LogP contribution < -0.4 is 4.74 Å². The van der Waals surface area contributed by atoms with Gasteiger partial charge in [0.15, 0.2) is 0 Å². The Bertz CT molecular complexity index is 870. The fourth-order valence-corrected chi connectivity index (χ4v) is 4.01. The quantitative estimate of drug-likeness (QED) is 0.719. The Kier molecular flexibility index (Phi) is 4.27. The molecule has 1 aliphatic rings. The van der Waals surface area contributed by atoms with Gasteiger partial charge in [0.2, 0.25) is 5.13 Å². The van der Waals surface area contributed by atoms with Gasteiger partial charge in [0, 0.05) is 42.6 Å². The van der Waals surface area contributed by atoms with E-state index in [0.717, 1.165) is 36.2 Å². The maximum Gasteiger partial charge on any atom is 0.230 e. The lowest BCUT2D eigenvalue weighted by molar-refractivity contribution is 0.188. The third-order valence-electron chi connectivity index (χ3n) is 4.78. The second kappa shape index (κ2) is 6.57. The lowest BCUT2D eigenvalue weighted by atomic mass is 9.99. The van der Waals surface area contributed by atoms with Crippen LogP contribution in [0.2, 0.25) is 0 Å². The number of fused-ring (bicyclic) bond motifs is 1. The number of ether oxygens (including phenoxy) is 1. The van der Waals surface area contributed by atoms with E-state index in [9.17, 15) is 0 Å². The predicted molar refractivity (Wildman–Crippen MR) is 97.3 cm³/mol. The highest BCUT2D eigenvalue weighted by Crippen LogP contribution is 2.32. The summed E-state index contributed by atoms with van der Waals surface area (Å²) in [5.74, 6) is 1.69. The van der Waals surface area contributed by atoms with Gasteiger partial charge in [-0.1, -0.05) is 12.1 Å². The number of nitrogens with zero attached hydrogens (tertiary/aromatic N) is 5. The van der Waals surface area contributed by atoms with Gasteiger partial charge in [-0.2, -0.15) is 9.47 Å². The standard InChI is InChI=1S/C18H21N5OS/c1-12-16-10-19-23(18-20-13(2)21-25-18)17(16)8-9-22(12)11-14-4-6-15(24-3)7-5-14/h4-7,10,12H,8-9,11H2,1-3H3. The Balaban J connectivity index is 1.55. The Hall–Kier alpha value is -2.25. The van der Waals surface area contributed by atoms with Crippen LogP contribution in [0.15, 0.2) is 30.5 Å². The number of aryl methyl sites for hydroxylation is 1. The molecule has 0 radical (unpaired) electrons. The van der Waals surface area contributed by atoms with Crippen LogP contribution in [0.5, 0.6) is 5.75 Å². The molecule has 130 valence electrons. The first-order valence-electron chi connectivity index (χ1n) is 8.40. The molecule has 25 heavy (non-hydrogen) atoms. The summed E-state index contributed by atoms with van der Waals surface area (Å²) in [7, 11) is 1.69. The summed E-state index contributed by atoms with van der Waals surface area (Å²) in [6, 6.07) is 8.63. The number of methoxy groups -OCH3 is 1. The van der Waals surface area contributed by atoms with E-state index in [-0.39, 0.29) is 0 Å². The molecule has 1 unspecified atom stereocenters. The average molecular weight is 355 g/mol. The minimum Gasteiger partial charge on any atom is -0.497 e. The van der Waals surface area contributed by atoms with Gasteiger partial charge in [-0.3, -0.25) is 4.90 Å². The summed E-state index contributed by atoms with van der Waals surface area (Å²) in [4.78, 5) is 6.96. The fraction of sp³-hybridized carbons (Fsp3) is 0.389. The largest absolute Gasteiger partial charge is 0.497 e. The zero-order valence-electron chi connectivity index (χ0n) is 14.6. The second-order valence-electron chi connectivity index (χ2n) is 6.33. The molecule has 3 aromatic rings. The molecule has 1 aliphatic heterocycles. The molecule has 3 heterocycles. The topological polar surface area (TPSA) is 56.1 Å². The Morgan fingerprint density at radius 1 is 1.28 bits per heavy atom. The van der Waals surface area contributed by atoms with Gasteiger partial charge in [-0.15, -0.1) is 0 Å². The van der Waals surface area contributed by atoms with Gasteiger partial charge >= 0.3 is 0 Å². The maximum atomic E-state index is 5.24. The molecule has 0 aliphatic carbocycles. The molecule has 0 fully saturated rings. The van der Waals surface area contributed by atoms with E-state index < -0.39 is 0 Å². The molecule has 0 saturated heterocycles. The van der Waals surface area contributed by atoms with Crippen LogP contribution in [0.4, 0.5) is 0 Å². The van der Waals surface area contributed by atoms with Gasteiger partial charge in [0.1, 0.15) is 11.6 Å². The normalized spacial score (nSPS) is 17.5. The first-order chi connectivity index (χ1) is 12.2. The molecule has 0 bridgehead atoms. The van der Waals surface area contributed by atoms with Crippen LogP contribution in [-0.2, 0) is 13.0 Å². The van der Waals surface area contributed by atoms with E-state index in [1.807, 2.05) is 29.9 Å². The summed E-state index contributed by atoms with van der Waals surface area (Å²) in [6.07, 6.45) is 2.95. The maximum absolute atomic E-state index is 5.24. The van der Waals surface area contributed by atoms with E-state index >= 15 is 0 Å². The Morgan fingerprint density at radius 2 is 2.08 bits per heavy atom. The first-order valence-corrected chi connectivity index (χ1v) is 9.17. The van der Waals surface area contributed by atoms with E-state index in [1.54, 1.807) is 7.11 Å². The molecule has 1 atom stereocenters. The third-order valence-corrected chi connectivity index (χ3v) is 5.56. The highest BCUT2D eigenvalue weighted by molar-refractivity contribution is 7.08. The fourth-order valence-electron chi connectivity index (χ4n) is 3.34. The molecule has 0 saturated carbocycles. The number of aromatic nitrogens is 4. The molecule has 6 nitrogen and oxygen atoms in total. The zero-order valence-corrected chi connectivity index (χ0v) is 15.5. The molecular formula is C18H21N5OS. The lowest BCUT2D eigenvalue weighted by Gasteiger charge is -2.33. The van der Waals surface area contributed by atoms with Crippen molar-refractivity contribution in [3.8, 4) is 10.9 Å². The van der Waals surface area contributed by atoms with Crippen LogP contribution in [-0.4, -0.2) is 37.7 Å². The summed E-state index contributed by atoms with van der Waals surface area (Å²) in [5, 5.41) is 5.43. The second-order valence-corrected chi connectivity index (χ2v) is 7.06. The van der Waals surface area contributed by atoms with Gasteiger partial charge in [0.25, 0.3) is 0 Å². The third kappa shape index (κ3) is 3.05. The van der Waals surface area contributed by atoms with Crippen molar-refractivity contribution in [1.82, 2.24) is 24.0 Å². The highest BCUT2D eigenvalue weighted by atomic mass is 32.1. The monoisotopic (exact) mass is 355 g/mol. The molecule has 2 aromatic heterocycles. The van der Waals surface area contributed by atoms with Crippen molar-refractivity contribution < 1.29 is 4.74 Å². The summed E-state index contributed by atoms with van der Waals surface area (Å²) >= 11 is 1.40. The van der Waals surface area contributed by atoms with Crippen LogP contribution in [0, 0.1) is 6.92 Å². The van der Waals surface area contributed by atoms with Crippen LogP contribution in [0.3, 0.4) is 0 Å². The van der Waals surface area contributed by atoms with Crippen molar-refractivity contribution in [3.63, 3.8) is 0 Å². The lowest BCUT2D eigenvalue weighted by Crippen LogP contribution is -2.33. The van der Waals surface area contributed by atoms with Crippen LogP contribution >= 0.6 is 11.5 Å². The van der Waals surface area contributed by atoms with Gasteiger partial charge in [0.05, 0.1) is 19.0 Å². The first kappa shape index (κ1) is 16.2. The van der Waals surface area contributed by atoms with Crippen molar-refractivity contribution in [2.24, 2.45) is 0 Å². The van der Waals surface area contributed by atoms with Crippen molar-refractivity contribution in [2.45, 2.75) is 32.9 Å². The number of rotatable bonds is 4. The SMILES string of the molecule is COc1ccc(CN2CCc3c(cnn3-c3nc(C)ns3)C2C)cc1. The average Bonchev–Trinajstić information content (AvgIpc) is 3.24. The van der Waals surface area contributed by atoms with Crippen LogP contribution in [0.1, 0.15) is 35.6 Å². The van der Waals surface area contributed by atoms with Gasteiger partial charge in [-0.05, 0) is 31.5 Å². The molecule has 1 aromatic carbocycles. The van der Waals surface area contributed by atoms with Crippen molar-refractivity contribution in [2.75, 3.05) is 13.7 Å². The number of benzene rings is 1. The predicted octanol–water partition coefficient (Wildman–Crippen LogP) is 3.16. The molecule has 0 spiro atoms. The van der Waals surface area contributed by atoms with Crippen molar-refractivity contribution in [1.29, 1.82) is 0 Å². The van der Waals surface area contributed by atoms with E-state index in [4.69, 9.17) is 4.74 Å². The summed E-state index contributed by atoms with van der Waals surface area (Å²) in [6.45, 7) is 6.09. The highest BCUT2D eigenvalue weighted by Gasteiger charge is 2.28. The minimum absolute atomic E-state index is 0.327. The molecule has 7 heteroatoms. The van der Waals surface area contributed by atoms with Crippen molar-refractivity contribution in [3.05, 3.63) is 53.1 Å². The van der Waals surface area contributed by atoms with E-state index in [2.05, 4.69) is 38.4 Å². The molecular weight excluding hydrogens is 334 g/mol. The number of hydrogen-bond acceptors (Lipinski definition) is 6. The van der Waals surface area contributed by atoms with Crippen molar-refractivity contribution >= 4 is 11.5 Å². The zero-order chi connectivity index (χ0) is 17.4. The smallest absolute Gasteiger partial charge is 0.230 e.